The Morgan fingerprint density at radius 3 is 2.71 bits per heavy atom. The lowest BCUT2D eigenvalue weighted by Crippen LogP contribution is -2.49. The van der Waals surface area contributed by atoms with Gasteiger partial charge in [-0.3, -0.25) is 4.79 Å². The maximum absolute atomic E-state index is 13.2. The number of nitrogens with one attached hydrogen (secondary N) is 2. The molecule has 164 valence electrons. The lowest BCUT2D eigenvalue weighted by Gasteiger charge is -2.31. The summed E-state index contributed by atoms with van der Waals surface area (Å²) in [5.41, 5.74) is 2.32. The molecule has 0 bridgehead atoms. The van der Waals surface area contributed by atoms with E-state index in [-0.39, 0.29) is 12.5 Å². The first-order chi connectivity index (χ1) is 15.1. The van der Waals surface area contributed by atoms with Crippen molar-refractivity contribution in [2.75, 3.05) is 25.6 Å². The number of urea groups is 1. The number of aliphatic imine (C=N–C) groups is 1. The van der Waals surface area contributed by atoms with Gasteiger partial charge in [-0.25, -0.2) is 4.79 Å². The zero-order chi connectivity index (χ0) is 22.1. The molecule has 2 unspecified atom stereocenters. The molecule has 0 aromatic heterocycles. The number of rotatable bonds is 10. The molecule has 0 radical (unpaired) electrons. The summed E-state index contributed by atoms with van der Waals surface area (Å²) in [4.78, 5) is 29.4. The average Bonchev–Trinajstić information content (AvgIpc) is 2.77. The second-order valence-corrected chi connectivity index (χ2v) is 8.00. The number of halogens is 2. The van der Waals surface area contributed by atoms with Crippen LogP contribution in [0.5, 0.6) is 0 Å². The van der Waals surface area contributed by atoms with Gasteiger partial charge in [0.05, 0.1) is 25.0 Å². The first-order valence-corrected chi connectivity index (χ1v) is 11.1. The minimum Gasteiger partial charge on any atom is -0.374 e. The minimum atomic E-state index is -0.705. The van der Waals surface area contributed by atoms with Crippen LogP contribution in [0.25, 0.3) is 0 Å². The lowest BCUT2D eigenvalue weighted by molar-refractivity contribution is -0.123. The van der Waals surface area contributed by atoms with E-state index in [2.05, 4.69) is 27.8 Å². The molecule has 2 aromatic rings. The molecule has 0 fully saturated rings. The number of carbonyl (C=O) groups excluding carboxylic acids is 2. The van der Waals surface area contributed by atoms with E-state index in [1.54, 1.807) is 18.2 Å². The van der Waals surface area contributed by atoms with Gasteiger partial charge in [0.15, 0.2) is 0 Å². The van der Waals surface area contributed by atoms with Gasteiger partial charge in [-0.15, -0.1) is 11.6 Å². The van der Waals surface area contributed by atoms with Crippen LogP contribution in [0.4, 0.5) is 4.79 Å². The number of aryl methyl sites for hydroxylation is 1. The molecule has 6 nitrogen and oxygen atoms in total. The largest absolute Gasteiger partial charge is 0.374 e. The number of hydrogen-bond donors (Lipinski definition) is 2. The summed E-state index contributed by atoms with van der Waals surface area (Å²) in [5.74, 6) is -0.609. The Morgan fingerprint density at radius 1 is 1.16 bits per heavy atom. The first kappa shape index (κ1) is 23.3. The maximum Gasteiger partial charge on any atom is 0.341 e. The number of ether oxygens (including phenoxy) is 1. The molecule has 31 heavy (non-hydrogen) atoms. The Bertz CT molecular complexity index is 921. The third-order valence-corrected chi connectivity index (χ3v) is 5.35. The summed E-state index contributed by atoms with van der Waals surface area (Å²) in [6.45, 7) is 0.866. The van der Waals surface area contributed by atoms with Crippen molar-refractivity contribution in [3.8, 4) is 0 Å². The van der Waals surface area contributed by atoms with Crippen LogP contribution < -0.4 is 10.6 Å². The zero-order valence-corrected chi connectivity index (χ0v) is 18.5. The SMILES string of the molecule is O=C1N=C(COCCCl)C(C(=O)NCCCc2ccccc2)C(c2cccc(Cl)c2)N1. The van der Waals surface area contributed by atoms with Crippen molar-refractivity contribution in [1.82, 2.24) is 10.6 Å². The fourth-order valence-electron chi connectivity index (χ4n) is 3.53. The highest BCUT2D eigenvalue weighted by atomic mass is 35.5. The van der Waals surface area contributed by atoms with Gasteiger partial charge in [-0.2, -0.15) is 4.99 Å². The molecule has 8 heteroatoms. The van der Waals surface area contributed by atoms with Crippen LogP contribution >= 0.6 is 23.2 Å². The molecule has 2 atom stereocenters. The number of nitrogens with zero attached hydrogens (tertiary/aromatic N) is 1. The second kappa shape index (κ2) is 11.8. The van der Waals surface area contributed by atoms with Gasteiger partial charge < -0.3 is 15.4 Å². The van der Waals surface area contributed by atoms with E-state index in [9.17, 15) is 9.59 Å². The van der Waals surface area contributed by atoms with Crippen molar-refractivity contribution >= 4 is 40.9 Å². The van der Waals surface area contributed by atoms with Crippen LogP contribution in [-0.4, -0.2) is 43.3 Å². The van der Waals surface area contributed by atoms with Gasteiger partial charge in [-0.05, 0) is 36.1 Å². The van der Waals surface area contributed by atoms with Crippen molar-refractivity contribution in [1.29, 1.82) is 0 Å². The van der Waals surface area contributed by atoms with E-state index in [1.807, 2.05) is 24.3 Å². The predicted octanol–water partition coefficient (Wildman–Crippen LogP) is 4.17. The molecule has 2 aromatic carbocycles. The Hall–Kier alpha value is -2.41. The van der Waals surface area contributed by atoms with Crippen LogP contribution in [0, 0.1) is 5.92 Å². The summed E-state index contributed by atoms with van der Waals surface area (Å²) in [6.07, 6.45) is 1.66. The van der Waals surface area contributed by atoms with Crippen molar-refractivity contribution in [3.63, 3.8) is 0 Å². The van der Waals surface area contributed by atoms with Gasteiger partial charge in [0.1, 0.15) is 5.92 Å². The zero-order valence-electron chi connectivity index (χ0n) is 17.0. The van der Waals surface area contributed by atoms with Gasteiger partial charge in [0.25, 0.3) is 0 Å². The molecule has 0 saturated carbocycles. The first-order valence-electron chi connectivity index (χ1n) is 10.2. The monoisotopic (exact) mass is 461 g/mol. The third kappa shape index (κ3) is 6.79. The van der Waals surface area contributed by atoms with E-state index in [4.69, 9.17) is 27.9 Å². The molecule has 0 saturated heterocycles. The molecular formula is C23H25Cl2N3O3. The Balaban J connectivity index is 1.73. The van der Waals surface area contributed by atoms with E-state index in [0.29, 0.717) is 29.8 Å². The van der Waals surface area contributed by atoms with Gasteiger partial charge in [-0.1, -0.05) is 54.1 Å². The predicted molar refractivity (Wildman–Crippen MR) is 123 cm³/mol. The van der Waals surface area contributed by atoms with Crippen LogP contribution in [0.1, 0.15) is 23.6 Å². The summed E-state index contributed by atoms with van der Waals surface area (Å²) in [6, 6.07) is 16.1. The summed E-state index contributed by atoms with van der Waals surface area (Å²) >= 11 is 11.8. The Kier molecular flexibility index (Phi) is 8.88. The molecule has 3 amide bonds. The quantitative estimate of drug-likeness (QED) is 0.411. The minimum absolute atomic E-state index is 0.0549. The van der Waals surface area contributed by atoms with E-state index in [1.165, 1.54) is 5.56 Å². The van der Waals surface area contributed by atoms with Gasteiger partial charge in [0.2, 0.25) is 5.91 Å². The van der Waals surface area contributed by atoms with Crippen LogP contribution in [0.3, 0.4) is 0 Å². The number of alkyl halides is 1. The number of benzene rings is 2. The highest BCUT2D eigenvalue weighted by Crippen LogP contribution is 2.29. The van der Waals surface area contributed by atoms with Crippen LogP contribution in [0.2, 0.25) is 5.02 Å². The molecule has 1 heterocycles. The summed E-state index contributed by atoms with van der Waals surface area (Å²) in [5, 5.41) is 6.31. The second-order valence-electron chi connectivity index (χ2n) is 7.18. The van der Waals surface area contributed by atoms with Gasteiger partial charge >= 0.3 is 6.03 Å². The van der Waals surface area contributed by atoms with Crippen LogP contribution in [0.15, 0.2) is 59.6 Å². The van der Waals surface area contributed by atoms with Gasteiger partial charge in [0, 0.05) is 17.4 Å². The maximum atomic E-state index is 13.2. The smallest absolute Gasteiger partial charge is 0.341 e. The molecule has 3 rings (SSSR count). The van der Waals surface area contributed by atoms with Crippen molar-refractivity contribution in [2.24, 2.45) is 10.9 Å². The fraction of sp³-hybridized carbons (Fsp3) is 0.348. The Morgan fingerprint density at radius 2 is 1.97 bits per heavy atom. The van der Waals surface area contributed by atoms with Crippen molar-refractivity contribution < 1.29 is 14.3 Å². The molecule has 0 aliphatic carbocycles. The fourth-order valence-corrected chi connectivity index (χ4v) is 3.84. The topological polar surface area (TPSA) is 79.8 Å². The number of hydrogen-bond acceptors (Lipinski definition) is 3. The highest BCUT2D eigenvalue weighted by Gasteiger charge is 2.38. The molecule has 0 spiro atoms. The summed E-state index contributed by atoms with van der Waals surface area (Å²) < 4.78 is 5.49. The van der Waals surface area contributed by atoms with E-state index in [0.717, 1.165) is 18.4 Å². The van der Waals surface area contributed by atoms with E-state index < -0.39 is 18.0 Å². The standard InChI is InChI=1S/C23H25Cl2N3O3/c24-11-13-31-15-19-20(22(29)26-12-5-8-16-6-2-1-3-7-16)21(28-23(30)27-19)17-9-4-10-18(25)14-17/h1-4,6-7,9-10,14,20-21H,5,8,11-13,15H2,(H,26,29)(H,28,30). The Labute approximate surface area is 192 Å². The molecule has 1 aliphatic rings. The molecular weight excluding hydrogens is 437 g/mol. The van der Waals surface area contributed by atoms with Crippen molar-refractivity contribution in [2.45, 2.75) is 18.9 Å². The third-order valence-electron chi connectivity index (χ3n) is 4.96. The lowest BCUT2D eigenvalue weighted by atomic mass is 9.87. The average molecular weight is 462 g/mol. The summed E-state index contributed by atoms with van der Waals surface area (Å²) in [7, 11) is 0. The molecule has 2 N–H and O–H groups in total. The highest BCUT2D eigenvalue weighted by molar-refractivity contribution is 6.30. The molecule has 1 aliphatic heterocycles. The van der Waals surface area contributed by atoms with Crippen LogP contribution in [-0.2, 0) is 16.0 Å². The van der Waals surface area contributed by atoms with E-state index >= 15 is 0 Å². The van der Waals surface area contributed by atoms with Crippen molar-refractivity contribution in [3.05, 3.63) is 70.7 Å². The number of amides is 3. The normalized spacial score (nSPS) is 18.3. The number of carbonyl (C=O) groups is 2.